The fourth-order valence-corrected chi connectivity index (χ4v) is 1.77. The normalized spacial score (nSPS) is 13.8. The van der Waals surface area contributed by atoms with Gasteiger partial charge in [0, 0.05) is 19.6 Å². The van der Waals surface area contributed by atoms with Crippen molar-refractivity contribution in [2.45, 2.75) is 32.9 Å². The first-order chi connectivity index (χ1) is 8.86. The molecule has 0 radical (unpaired) electrons. The molecular formula is C14H21ClN2O2. The van der Waals surface area contributed by atoms with Gasteiger partial charge in [-0.3, -0.25) is 4.79 Å². The maximum atomic E-state index is 12.1. The van der Waals surface area contributed by atoms with Crippen LogP contribution in [0.3, 0.4) is 0 Å². The number of halogens is 1. The van der Waals surface area contributed by atoms with E-state index in [0.717, 1.165) is 5.56 Å². The molecule has 0 bridgehead atoms. The highest BCUT2D eigenvalue weighted by molar-refractivity contribution is 6.32. The number of aryl methyl sites for hydroxylation is 1. The molecule has 0 saturated carbocycles. The summed E-state index contributed by atoms with van der Waals surface area (Å²) in [6.45, 7) is 5.96. The lowest BCUT2D eigenvalue weighted by molar-refractivity contribution is -0.138. The summed E-state index contributed by atoms with van der Waals surface area (Å²) in [5, 5.41) is 0.500. The number of rotatable bonds is 5. The monoisotopic (exact) mass is 284 g/mol. The summed E-state index contributed by atoms with van der Waals surface area (Å²) >= 11 is 6.04. The van der Waals surface area contributed by atoms with Gasteiger partial charge in [0.15, 0.2) is 6.10 Å². The van der Waals surface area contributed by atoms with Gasteiger partial charge in [-0.1, -0.05) is 17.7 Å². The molecule has 2 unspecified atom stereocenters. The first kappa shape index (κ1) is 15.8. The average Bonchev–Trinajstić information content (AvgIpc) is 2.40. The zero-order valence-electron chi connectivity index (χ0n) is 11.8. The molecule has 4 nitrogen and oxygen atoms in total. The van der Waals surface area contributed by atoms with Gasteiger partial charge in [0.25, 0.3) is 5.91 Å². The van der Waals surface area contributed by atoms with E-state index < -0.39 is 6.10 Å². The minimum atomic E-state index is -0.599. The maximum absolute atomic E-state index is 12.1. The molecule has 0 spiro atoms. The molecule has 19 heavy (non-hydrogen) atoms. The number of benzene rings is 1. The summed E-state index contributed by atoms with van der Waals surface area (Å²) in [5.74, 6) is 0.409. The van der Waals surface area contributed by atoms with E-state index in [4.69, 9.17) is 22.1 Å². The first-order valence-corrected chi connectivity index (χ1v) is 6.64. The lowest BCUT2D eigenvalue weighted by Crippen LogP contribution is -2.45. The zero-order chi connectivity index (χ0) is 14.6. The van der Waals surface area contributed by atoms with Crippen LogP contribution in [-0.2, 0) is 4.79 Å². The Bertz CT molecular complexity index is 451. The molecule has 0 aliphatic carbocycles. The van der Waals surface area contributed by atoms with Crippen molar-refractivity contribution >= 4 is 17.5 Å². The summed E-state index contributed by atoms with van der Waals surface area (Å²) in [6.07, 6.45) is -0.599. The van der Waals surface area contributed by atoms with Crippen LogP contribution in [0.5, 0.6) is 5.75 Å². The SMILES string of the molecule is Cc1ccc(Cl)c(OC(C)C(=O)N(C)C(C)CN)c1. The van der Waals surface area contributed by atoms with Gasteiger partial charge in [-0.25, -0.2) is 0 Å². The number of carbonyl (C=O) groups excluding carboxylic acids is 1. The van der Waals surface area contributed by atoms with Crippen molar-refractivity contribution in [3.05, 3.63) is 28.8 Å². The van der Waals surface area contributed by atoms with Crippen molar-refractivity contribution < 1.29 is 9.53 Å². The summed E-state index contributed by atoms with van der Waals surface area (Å²) < 4.78 is 5.64. The molecule has 0 fully saturated rings. The number of nitrogens with zero attached hydrogens (tertiary/aromatic N) is 1. The number of hydrogen-bond acceptors (Lipinski definition) is 3. The second-order valence-electron chi connectivity index (χ2n) is 4.73. The zero-order valence-corrected chi connectivity index (χ0v) is 12.6. The molecule has 1 rings (SSSR count). The second kappa shape index (κ2) is 6.78. The van der Waals surface area contributed by atoms with Crippen molar-refractivity contribution in [2.24, 2.45) is 5.73 Å². The Balaban J connectivity index is 2.76. The fourth-order valence-electron chi connectivity index (χ4n) is 1.60. The van der Waals surface area contributed by atoms with Gasteiger partial charge >= 0.3 is 0 Å². The third-order valence-corrected chi connectivity index (χ3v) is 3.40. The highest BCUT2D eigenvalue weighted by Gasteiger charge is 2.22. The van der Waals surface area contributed by atoms with Gasteiger partial charge in [-0.15, -0.1) is 0 Å². The Kier molecular flexibility index (Phi) is 5.63. The van der Waals surface area contributed by atoms with Crippen LogP contribution >= 0.6 is 11.6 Å². The Morgan fingerprint density at radius 1 is 1.47 bits per heavy atom. The lowest BCUT2D eigenvalue weighted by atomic mass is 10.2. The molecule has 0 heterocycles. The summed E-state index contributed by atoms with van der Waals surface area (Å²) in [4.78, 5) is 13.7. The third kappa shape index (κ3) is 4.11. The standard InChI is InChI=1S/C14H21ClN2O2/c1-9-5-6-12(15)13(7-9)19-11(3)14(18)17(4)10(2)8-16/h5-7,10-11H,8,16H2,1-4H3. The van der Waals surface area contributed by atoms with Crippen molar-refractivity contribution in [2.75, 3.05) is 13.6 Å². The van der Waals surface area contributed by atoms with Crippen LogP contribution < -0.4 is 10.5 Å². The molecule has 1 amide bonds. The number of ether oxygens (including phenoxy) is 1. The third-order valence-electron chi connectivity index (χ3n) is 3.09. The number of carbonyl (C=O) groups is 1. The van der Waals surface area contributed by atoms with Crippen molar-refractivity contribution in [1.82, 2.24) is 4.90 Å². The largest absolute Gasteiger partial charge is 0.479 e. The fraction of sp³-hybridized carbons (Fsp3) is 0.500. The molecule has 0 saturated heterocycles. The summed E-state index contributed by atoms with van der Waals surface area (Å²) in [5.41, 5.74) is 6.58. The van der Waals surface area contributed by atoms with Crippen LogP contribution in [-0.4, -0.2) is 36.5 Å². The van der Waals surface area contributed by atoms with Gasteiger partial charge < -0.3 is 15.4 Å². The van der Waals surface area contributed by atoms with Crippen molar-refractivity contribution in [3.8, 4) is 5.75 Å². The summed E-state index contributed by atoms with van der Waals surface area (Å²) in [7, 11) is 1.72. The first-order valence-electron chi connectivity index (χ1n) is 6.26. The minimum absolute atomic E-state index is 0.0217. The molecule has 0 aliphatic heterocycles. The van der Waals surface area contributed by atoms with Crippen LogP contribution in [0.4, 0.5) is 0 Å². The topological polar surface area (TPSA) is 55.6 Å². The maximum Gasteiger partial charge on any atom is 0.263 e. The van der Waals surface area contributed by atoms with Crippen LogP contribution in [0.25, 0.3) is 0 Å². The Hall–Kier alpha value is -1.26. The van der Waals surface area contributed by atoms with E-state index in [2.05, 4.69) is 0 Å². The molecule has 5 heteroatoms. The molecule has 2 atom stereocenters. The molecular weight excluding hydrogens is 264 g/mol. The van der Waals surface area contributed by atoms with Crippen LogP contribution in [0.1, 0.15) is 19.4 Å². The Labute approximate surface area is 119 Å². The van der Waals surface area contributed by atoms with Crippen molar-refractivity contribution in [1.29, 1.82) is 0 Å². The van der Waals surface area contributed by atoms with E-state index in [1.165, 1.54) is 0 Å². The predicted octanol–water partition coefficient (Wildman–Crippen LogP) is 2.22. The quantitative estimate of drug-likeness (QED) is 0.902. The van der Waals surface area contributed by atoms with Gasteiger partial charge in [0.1, 0.15) is 5.75 Å². The summed E-state index contributed by atoms with van der Waals surface area (Å²) in [6, 6.07) is 5.45. The van der Waals surface area contributed by atoms with Gasteiger partial charge in [0.2, 0.25) is 0 Å². The molecule has 0 aromatic heterocycles. The minimum Gasteiger partial charge on any atom is -0.479 e. The Morgan fingerprint density at radius 3 is 2.68 bits per heavy atom. The van der Waals surface area contributed by atoms with Gasteiger partial charge in [-0.2, -0.15) is 0 Å². The number of hydrogen-bond donors (Lipinski definition) is 1. The number of amides is 1. The lowest BCUT2D eigenvalue weighted by Gasteiger charge is -2.27. The molecule has 0 aliphatic rings. The predicted molar refractivity (Wildman–Crippen MR) is 77.6 cm³/mol. The van der Waals surface area contributed by atoms with E-state index in [1.807, 2.05) is 26.0 Å². The van der Waals surface area contributed by atoms with E-state index in [0.29, 0.717) is 17.3 Å². The Morgan fingerprint density at radius 2 is 2.11 bits per heavy atom. The molecule has 2 N–H and O–H groups in total. The van der Waals surface area contributed by atoms with Crippen LogP contribution in [0, 0.1) is 6.92 Å². The molecule has 106 valence electrons. The van der Waals surface area contributed by atoms with Crippen LogP contribution in [0.2, 0.25) is 5.02 Å². The second-order valence-corrected chi connectivity index (χ2v) is 5.14. The van der Waals surface area contributed by atoms with E-state index in [9.17, 15) is 4.79 Å². The molecule has 1 aromatic rings. The van der Waals surface area contributed by atoms with E-state index in [1.54, 1.807) is 24.9 Å². The van der Waals surface area contributed by atoms with Gasteiger partial charge in [0.05, 0.1) is 5.02 Å². The number of nitrogens with two attached hydrogens (primary N) is 1. The van der Waals surface area contributed by atoms with E-state index >= 15 is 0 Å². The van der Waals surface area contributed by atoms with Gasteiger partial charge in [-0.05, 0) is 38.5 Å². The molecule has 1 aromatic carbocycles. The van der Waals surface area contributed by atoms with E-state index in [-0.39, 0.29) is 11.9 Å². The van der Waals surface area contributed by atoms with Crippen molar-refractivity contribution in [3.63, 3.8) is 0 Å². The smallest absolute Gasteiger partial charge is 0.263 e. The van der Waals surface area contributed by atoms with Crippen LogP contribution in [0.15, 0.2) is 18.2 Å². The highest BCUT2D eigenvalue weighted by Crippen LogP contribution is 2.26. The highest BCUT2D eigenvalue weighted by atomic mass is 35.5. The number of likely N-dealkylation sites (N-methyl/N-ethyl adjacent to an activating group) is 1. The average molecular weight is 285 g/mol.